The molecule has 0 aliphatic heterocycles. The van der Waals surface area contributed by atoms with Gasteiger partial charge < -0.3 is 11.1 Å². The van der Waals surface area contributed by atoms with E-state index in [0.29, 0.717) is 11.3 Å². The molecule has 0 aliphatic carbocycles. The number of carbonyl (C=O) groups is 1. The van der Waals surface area contributed by atoms with Gasteiger partial charge in [-0.25, -0.2) is 0 Å². The summed E-state index contributed by atoms with van der Waals surface area (Å²) in [5.74, 6) is -0.201. The van der Waals surface area contributed by atoms with Gasteiger partial charge in [-0.05, 0) is 31.0 Å². The van der Waals surface area contributed by atoms with Crippen LogP contribution in [-0.2, 0) is 6.42 Å². The summed E-state index contributed by atoms with van der Waals surface area (Å²) in [6.07, 6.45) is 2.29. The first-order chi connectivity index (χ1) is 10.1. The molecular formula is C16H17N3OS. The lowest BCUT2D eigenvalue weighted by Gasteiger charge is -2.13. The molecular weight excluding hydrogens is 282 g/mol. The number of hydrogen-bond donors (Lipinski definition) is 2. The zero-order valence-electron chi connectivity index (χ0n) is 11.7. The van der Waals surface area contributed by atoms with Gasteiger partial charge in [-0.3, -0.25) is 9.78 Å². The number of rotatable bonds is 5. The zero-order valence-corrected chi connectivity index (χ0v) is 12.6. The Balaban J connectivity index is 1.96. The first-order valence-corrected chi connectivity index (χ1v) is 7.07. The average molecular weight is 299 g/mol. The van der Waals surface area contributed by atoms with E-state index in [-0.39, 0.29) is 16.9 Å². The first-order valence-electron chi connectivity index (χ1n) is 6.67. The molecule has 1 aromatic carbocycles. The molecule has 0 saturated carbocycles. The minimum Gasteiger partial charge on any atom is -0.389 e. The van der Waals surface area contributed by atoms with E-state index in [2.05, 4.69) is 10.3 Å². The second-order valence-corrected chi connectivity index (χ2v) is 5.30. The van der Waals surface area contributed by atoms with Gasteiger partial charge in [0.05, 0.1) is 0 Å². The Morgan fingerprint density at radius 1 is 1.29 bits per heavy atom. The third-order valence-corrected chi connectivity index (χ3v) is 3.28. The number of nitrogens with zero attached hydrogens (tertiary/aromatic N) is 1. The van der Waals surface area contributed by atoms with E-state index in [4.69, 9.17) is 18.0 Å². The van der Waals surface area contributed by atoms with Crippen molar-refractivity contribution in [3.63, 3.8) is 0 Å². The second kappa shape index (κ2) is 6.95. The molecule has 1 aromatic heterocycles. The van der Waals surface area contributed by atoms with Crippen LogP contribution in [0.5, 0.6) is 0 Å². The van der Waals surface area contributed by atoms with Crippen molar-refractivity contribution in [2.45, 2.75) is 19.4 Å². The highest BCUT2D eigenvalue weighted by Gasteiger charge is 2.11. The van der Waals surface area contributed by atoms with Gasteiger partial charge in [-0.15, -0.1) is 0 Å². The molecule has 0 spiro atoms. The number of hydrogen-bond acceptors (Lipinski definition) is 3. The lowest BCUT2D eigenvalue weighted by Crippen LogP contribution is -2.34. The fourth-order valence-electron chi connectivity index (χ4n) is 1.99. The number of thiocarbonyl (C=S) groups is 1. The maximum Gasteiger partial charge on any atom is 0.270 e. The average Bonchev–Trinajstić information content (AvgIpc) is 2.48. The Bertz CT molecular complexity index is 626. The molecule has 5 heteroatoms. The number of nitrogens with two attached hydrogens (primary N) is 1. The van der Waals surface area contributed by atoms with Crippen molar-refractivity contribution in [1.82, 2.24) is 10.3 Å². The number of nitrogens with one attached hydrogen (secondary N) is 1. The summed E-state index contributed by atoms with van der Waals surface area (Å²) < 4.78 is 0. The van der Waals surface area contributed by atoms with Crippen molar-refractivity contribution >= 4 is 23.1 Å². The Morgan fingerprint density at radius 3 is 2.57 bits per heavy atom. The molecule has 21 heavy (non-hydrogen) atoms. The monoisotopic (exact) mass is 299 g/mol. The lowest BCUT2D eigenvalue weighted by molar-refractivity contribution is 0.0935. The predicted molar refractivity (Wildman–Crippen MR) is 87.2 cm³/mol. The standard InChI is InChI=1S/C16H17N3OS/c1-11(9-12-5-3-2-4-6-12)19-16(20)14-8-7-13(10-18-14)15(17)21/h2-8,10-11H,9H2,1H3,(H2,17,21)(H,19,20). The molecule has 3 N–H and O–H groups in total. The number of carbonyl (C=O) groups excluding carboxylic acids is 1. The van der Waals surface area contributed by atoms with Gasteiger partial charge in [0.15, 0.2) is 0 Å². The van der Waals surface area contributed by atoms with Gasteiger partial charge >= 0.3 is 0 Å². The molecule has 108 valence electrons. The van der Waals surface area contributed by atoms with Crippen molar-refractivity contribution in [1.29, 1.82) is 0 Å². The first kappa shape index (κ1) is 15.1. The van der Waals surface area contributed by atoms with Crippen LogP contribution in [0.25, 0.3) is 0 Å². The van der Waals surface area contributed by atoms with E-state index in [1.54, 1.807) is 12.1 Å². The van der Waals surface area contributed by atoms with Crippen LogP contribution in [0.1, 0.15) is 28.5 Å². The van der Waals surface area contributed by atoms with Crippen LogP contribution < -0.4 is 11.1 Å². The maximum absolute atomic E-state index is 12.1. The van der Waals surface area contributed by atoms with Crippen molar-refractivity contribution in [3.8, 4) is 0 Å². The Hall–Kier alpha value is -2.27. The molecule has 0 fully saturated rings. The van der Waals surface area contributed by atoms with Gasteiger partial charge in [0, 0.05) is 17.8 Å². The summed E-state index contributed by atoms with van der Waals surface area (Å²) in [6, 6.07) is 13.4. The molecule has 0 aliphatic rings. The largest absolute Gasteiger partial charge is 0.389 e. The second-order valence-electron chi connectivity index (χ2n) is 4.86. The molecule has 1 atom stereocenters. The number of amides is 1. The van der Waals surface area contributed by atoms with E-state index in [0.717, 1.165) is 6.42 Å². The highest BCUT2D eigenvalue weighted by atomic mass is 32.1. The Morgan fingerprint density at radius 2 is 2.00 bits per heavy atom. The minimum absolute atomic E-state index is 0.0250. The smallest absolute Gasteiger partial charge is 0.270 e. The summed E-state index contributed by atoms with van der Waals surface area (Å²) in [7, 11) is 0. The molecule has 1 amide bonds. The van der Waals surface area contributed by atoms with Gasteiger partial charge in [0.1, 0.15) is 10.7 Å². The molecule has 2 rings (SSSR count). The van der Waals surface area contributed by atoms with Gasteiger partial charge in [0.25, 0.3) is 5.91 Å². The fraction of sp³-hybridized carbons (Fsp3) is 0.188. The molecule has 0 bridgehead atoms. The van der Waals surface area contributed by atoms with Crippen molar-refractivity contribution in [3.05, 3.63) is 65.5 Å². The van der Waals surface area contributed by atoms with Crippen LogP contribution in [0.3, 0.4) is 0 Å². The summed E-state index contributed by atoms with van der Waals surface area (Å²) in [5, 5.41) is 2.93. The van der Waals surface area contributed by atoms with Crippen molar-refractivity contribution in [2.75, 3.05) is 0 Å². The Kier molecular flexibility index (Phi) is 5.00. The molecule has 2 aromatic rings. The van der Waals surface area contributed by atoms with Crippen molar-refractivity contribution in [2.24, 2.45) is 5.73 Å². The van der Waals surface area contributed by atoms with Crippen LogP contribution in [0.4, 0.5) is 0 Å². The number of pyridine rings is 1. The van der Waals surface area contributed by atoms with E-state index in [1.165, 1.54) is 11.8 Å². The summed E-state index contributed by atoms with van der Waals surface area (Å²) in [5.41, 5.74) is 7.69. The van der Waals surface area contributed by atoms with E-state index in [9.17, 15) is 4.79 Å². The highest BCUT2D eigenvalue weighted by molar-refractivity contribution is 7.80. The summed E-state index contributed by atoms with van der Waals surface area (Å²) in [6.45, 7) is 1.97. The Labute approximate surface area is 129 Å². The fourth-order valence-corrected chi connectivity index (χ4v) is 2.11. The third kappa shape index (κ3) is 4.36. The topological polar surface area (TPSA) is 68.0 Å². The summed E-state index contributed by atoms with van der Waals surface area (Å²) in [4.78, 5) is 16.4. The molecule has 0 radical (unpaired) electrons. The predicted octanol–water partition coefficient (Wildman–Crippen LogP) is 2.08. The van der Waals surface area contributed by atoms with Gasteiger partial charge in [0.2, 0.25) is 0 Å². The number of aromatic nitrogens is 1. The van der Waals surface area contributed by atoms with Crippen LogP contribution in [0.2, 0.25) is 0 Å². The van der Waals surface area contributed by atoms with Crippen molar-refractivity contribution < 1.29 is 4.79 Å². The van der Waals surface area contributed by atoms with Crippen LogP contribution >= 0.6 is 12.2 Å². The lowest BCUT2D eigenvalue weighted by atomic mass is 10.1. The van der Waals surface area contributed by atoms with E-state index >= 15 is 0 Å². The van der Waals surface area contributed by atoms with Crippen LogP contribution in [0.15, 0.2) is 48.7 Å². The minimum atomic E-state index is -0.201. The van der Waals surface area contributed by atoms with E-state index < -0.39 is 0 Å². The molecule has 0 saturated heterocycles. The molecule has 1 unspecified atom stereocenters. The molecule has 4 nitrogen and oxygen atoms in total. The zero-order chi connectivity index (χ0) is 15.2. The maximum atomic E-state index is 12.1. The quantitative estimate of drug-likeness (QED) is 0.830. The third-order valence-electron chi connectivity index (χ3n) is 3.04. The number of benzene rings is 1. The van der Waals surface area contributed by atoms with Gasteiger partial charge in [-0.1, -0.05) is 42.5 Å². The normalized spacial score (nSPS) is 11.7. The van der Waals surface area contributed by atoms with Crippen LogP contribution in [-0.4, -0.2) is 21.9 Å². The SMILES string of the molecule is CC(Cc1ccccc1)NC(=O)c1ccc(C(N)=S)cn1. The molecule has 1 heterocycles. The van der Waals surface area contributed by atoms with Crippen LogP contribution in [0, 0.1) is 0 Å². The summed E-state index contributed by atoms with van der Waals surface area (Å²) >= 11 is 4.85. The highest BCUT2D eigenvalue weighted by Crippen LogP contribution is 2.05. The van der Waals surface area contributed by atoms with E-state index in [1.807, 2.05) is 37.3 Å². The van der Waals surface area contributed by atoms with Gasteiger partial charge in [-0.2, -0.15) is 0 Å².